The highest BCUT2D eigenvalue weighted by molar-refractivity contribution is 7.99. The van der Waals surface area contributed by atoms with Gasteiger partial charge in [0.1, 0.15) is 0 Å². The first-order valence-corrected chi connectivity index (χ1v) is 7.14. The van der Waals surface area contributed by atoms with Crippen molar-refractivity contribution >= 4 is 46.3 Å². The minimum absolute atomic E-state index is 0.593. The fraction of sp³-hybridized carbons (Fsp3) is 0.455. The van der Waals surface area contributed by atoms with Crippen LogP contribution in [0, 0.1) is 5.92 Å². The second-order valence-electron chi connectivity index (χ2n) is 3.97. The number of halogens is 2. The van der Waals surface area contributed by atoms with Gasteiger partial charge in [0.25, 0.3) is 0 Å². The average molecular weight is 277 g/mol. The molecule has 1 aromatic rings. The third-order valence-electron chi connectivity index (χ3n) is 2.66. The lowest BCUT2D eigenvalue weighted by molar-refractivity contribution is 0.632. The zero-order chi connectivity index (χ0) is 11.5. The van der Waals surface area contributed by atoms with Gasteiger partial charge in [-0.15, -0.1) is 0 Å². The highest BCUT2D eigenvalue weighted by Crippen LogP contribution is 2.33. The van der Waals surface area contributed by atoms with Crippen LogP contribution in [0.5, 0.6) is 0 Å². The Bertz CT molecular complexity index is 355. The molecule has 2 nitrogen and oxygen atoms in total. The van der Waals surface area contributed by atoms with Crippen LogP contribution in [0.2, 0.25) is 10.0 Å². The summed E-state index contributed by atoms with van der Waals surface area (Å²) in [5.74, 6) is 3.20. The number of benzene rings is 1. The smallest absolute Gasteiger partial charge is 0.0720 e. The van der Waals surface area contributed by atoms with E-state index in [2.05, 4.69) is 5.32 Å². The van der Waals surface area contributed by atoms with E-state index in [4.69, 9.17) is 28.9 Å². The maximum absolute atomic E-state index is 6.09. The third-order valence-corrected chi connectivity index (χ3v) is 4.48. The van der Waals surface area contributed by atoms with Gasteiger partial charge in [0.2, 0.25) is 0 Å². The first-order chi connectivity index (χ1) is 7.66. The quantitative estimate of drug-likeness (QED) is 0.826. The second kappa shape index (κ2) is 5.39. The molecule has 1 heterocycles. The van der Waals surface area contributed by atoms with E-state index >= 15 is 0 Å². The number of nitrogen functional groups attached to an aromatic ring is 1. The van der Waals surface area contributed by atoms with Gasteiger partial charge in [0.15, 0.2) is 0 Å². The predicted octanol–water partition coefficient (Wildman–Crippen LogP) is 3.74. The number of anilines is 2. The van der Waals surface area contributed by atoms with E-state index in [1.165, 1.54) is 17.9 Å². The highest BCUT2D eigenvalue weighted by atomic mass is 35.5. The van der Waals surface area contributed by atoms with E-state index in [1.807, 2.05) is 11.8 Å². The molecule has 1 aromatic carbocycles. The minimum Gasteiger partial charge on any atom is -0.399 e. The fourth-order valence-corrected chi connectivity index (χ4v) is 3.67. The number of hydrogen-bond acceptors (Lipinski definition) is 3. The number of nitrogens with two attached hydrogens (primary N) is 1. The lowest BCUT2D eigenvalue weighted by atomic mass is 10.1. The maximum Gasteiger partial charge on any atom is 0.0720 e. The first-order valence-electron chi connectivity index (χ1n) is 5.23. The molecule has 0 amide bonds. The van der Waals surface area contributed by atoms with Gasteiger partial charge in [0, 0.05) is 12.2 Å². The molecule has 0 spiro atoms. The number of nitrogens with one attached hydrogen (secondary N) is 1. The summed E-state index contributed by atoms with van der Waals surface area (Å²) in [5, 5.41) is 4.50. The van der Waals surface area contributed by atoms with E-state index < -0.39 is 0 Å². The summed E-state index contributed by atoms with van der Waals surface area (Å²) in [6.45, 7) is 0.927. The Hall–Kier alpha value is -0.250. The Morgan fingerprint density at radius 2 is 2.06 bits per heavy atom. The van der Waals surface area contributed by atoms with Crippen LogP contribution in [-0.2, 0) is 0 Å². The molecule has 1 aliphatic heterocycles. The molecule has 1 saturated heterocycles. The minimum atomic E-state index is 0.593. The average Bonchev–Trinajstić information content (AvgIpc) is 2.68. The van der Waals surface area contributed by atoms with Gasteiger partial charge < -0.3 is 11.1 Å². The van der Waals surface area contributed by atoms with Crippen molar-refractivity contribution < 1.29 is 0 Å². The molecule has 88 valence electrons. The number of thioether (sulfide) groups is 1. The molecule has 5 heteroatoms. The van der Waals surface area contributed by atoms with Gasteiger partial charge in [-0.1, -0.05) is 23.2 Å². The van der Waals surface area contributed by atoms with E-state index in [-0.39, 0.29) is 0 Å². The summed E-state index contributed by atoms with van der Waals surface area (Å²) in [7, 11) is 0. The highest BCUT2D eigenvalue weighted by Gasteiger charge is 2.16. The van der Waals surface area contributed by atoms with Crippen LogP contribution in [0.4, 0.5) is 11.4 Å². The van der Waals surface area contributed by atoms with Crippen LogP contribution < -0.4 is 11.1 Å². The molecule has 16 heavy (non-hydrogen) atoms. The van der Waals surface area contributed by atoms with Gasteiger partial charge in [-0.25, -0.2) is 0 Å². The molecule has 0 saturated carbocycles. The van der Waals surface area contributed by atoms with Gasteiger partial charge >= 0.3 is 0 Å². The Balaban J connectivity index is 2.03. The summed E-state index contributed by atoms with van der Waals surface area (Å²) < 4.78 is 0. The monoisotopic (exact) mass is 276 g/mol. The van der Waals surface area contributed by atoms with Crippen molar-refractivity contribution in [2.24, 2.45) is 5.92 Å². The van der Waals surface area contributed by atoms with E-state index in [9.17, 15) is 0 Å². The Kier molecular flexibility index (Phi) is 4.11. The molecule has 1 atom stereocenters. The van der Waals surface area contributed by atoms with Crippen molar-refractivity contribution in [3.63, 3.8) is 0 Å². The lowest BCUT2D eigenvalue weighted by Crippen LogP contribution is -2.14. The van der Waals surface area contributed by atoms with E-state index in [0.29, 0.717) is 15.7 Å². The van der Waals surface area contributed by atoms with Crippen molar-refractivity contribution in [3.8, 4) is 0 Å². The SMILES string of the molecule is Nc1cc(Cl)c(NCC2CCSC2)c(Cl)c1. The fourth-order valence-electron chi connectivity index (χ4n) is 1.75. The predicted molar refractivity (Wildman–Crippen MR) is 74.8 cm³/mol. The zero-order valence-corrected chi connectivity index (χ0v) is 11.1. The summed E-state index contributed by atoms with van der Waals surface area (Å²) in [4.78, 5) is 0. The maximum atomic E-state index is 6.09. The summed E-state index contributed by atoms with van der Waals surface area (Å²) >= 11 is 14.2. The molecule has 2 rings (SSSR count). The molecule has 0 radical (unpaired) electrons. The van der Waals surface area contributed by atoms with Crippen LogP contribution >= 0.6 is 35.0 Å². The van der Waals surface area contributed by atoms with Gasteiger partial charge in [-0.2, -0.15) is 11.8 Å². The van der Waals surface area contributed by atoms with Gasteiger partial charge in [0.05, 0.1) is 15.7 Å². The van der Waals surface area contributed by atoms with Crippen LogP contribution in [0.15, 0.2) is 12.1 Å². The van der Waals surface area contributed by atoms with Crippen molar-refractivity contribution in [2.75, 3.05) is 29.1 Å². The summed E-state index contributed by atoms with van der Waals surface area (Å²) in [6.07, 6.45) is 1.27. The molecule has 1 fully saturated rings. The zero-order valence-electron chi connectivity index (χ0n) is 8.80. The first kappa shape index (κ1) is 12.2. The molecule has 1 unspecified atom stereocenters. The standard InChI is InChI=1S/C11H14Cl2N2S/c12-9-3-8(14)4-10(13)11(9)15-5-7-1-2-16-6-7/h3-4,7,15H,1-2,5-6,14H2. The van der Waals surface area contributed by atoms with Crippen LogP contribution in [0.25, 0.3) is 0 Å². The van der Waals surface area contributed by atoms with Crippen LogP contribution in [0.3, 0.4) is 0 Å². The summed E-state index contributed by atoms with van der Waals surface area (Å²) in [5.41, 5.74) is 7.04. The Morgan fingerprint density at radius 3 is 2.62 bits per heavy atom. The van der Waals surface area contributed by atoms with Crippen LogP contribution in [-0.4, -0.2) is 18.1 Å². The number of rotatable bonds is 3. The van der Waals surface area contributed by atoms with Gasteiger partial charge in [-0.05, 0) is 36.0 Å². The second-order valence-corrected chi connectivity index (χ2v) is 5.93. The Morgan fingerprint density at radius 1 is 1.38 bits per heavy atom. The lowest BCUT2D eigenvalue weighted by Gasteiger charge is -2.14. The largest absolute Gasteiger partial charge is 0.399 e. The molecule has 1 aliphatic rings. The third kappa shape index (κ3) is 2.90. The molecule has 0 aliphatic carbocycles. The number of hydrogen-bond donors (Lipinski definition) is 2. The van der Waals surface area contributed by atoms with E-state index in [1.54, 1.807) is 12.1 Å². The Labute approximate surface area is 110 Å². The summed E-state index contributed by atoms with van der Waals surface area (Å²) in [6, 6.07) is 3.44. The molecular weight excluding hydrogens is 263 g/mol. The molecular formula is C11H14Cl2N2S. The van der Waals surface area contributed by atoms with Crippen molar-refractivity contribution in [1.29, 1.82) is 0 Å². The normalized spacial score (nSPS) is 20.0. The van der Waals surface area contributed by atoms with Crippen LogP contribution in [0.1, 0.15) is 6.42 Å². The molecule has 3 N–H and O–H groups in total. The van der Waals surface area contributed by atoms with Crippen molar-refractivity contribution in [1.82, 2.24) is 0 Å². The molecule has 0 aromatic heterocycles. The van der Waals surface area contributed by atoms with Crippen molar-refractivity contribution in [2.45, 2.75) is 6.42 Å². The topological polar surface area (TPSA) is 38.0 Å². The van der Waals surface area contributed by atoms with E-state index in [0.717, 1.165) is 18.2 Å². The van der Waals surface area contributed by atoms with Gasteiger partial charge in [-0.3, -0.25) is 0 Å². The van der Waals surface area contributed by atoms with Crippen molar-refractivity contribution in [3.05, 3.63) is 22.2 Å². The molecule has 0 bridgehead atoms.